The Balaban J connectivity index is 4.62. The number of carbonyl (C=O) groups is 1. The van der Waals surface area contributed by atoms with Gasteiger partial charge >= 0.3 is 0 Å². The zero-order chi connectivity index (χ0) is 18.5. The van der Waals surface area contributed by atoms with Gasteiger partial charge in [0.15, 0.2) is 14.1 Å². The Morgan fingerprint density at radius 1 is 1.04 bits per heavy atom. The lowest BCUT2D eigenvalue weighted by molar-refractivity contribution is -0.113. The Bertz CT molecular complexity index is 492. The van der Waals surface area contributed by atoms with Crippen molar-refractivity contribution < 1.29 is 9.22 Å². The number of rotatable bonds is 6. The Kier molecular flexibility index (Phi) is 7.74. The van der Waals surface area contributed by atoms with Crippen molar-refractivity contribution in [3.05, 3.63) is 12.2 Å². The molecule has 0 heterocycles. The molecule has 0 fully saturated rings. The van der Waals surface area contributed by atoms with Crippen LogP contribution in [0.5, 0.6) is 0 Å². The summed E-state index contributed by atoms with van der Waals surface area (Å²) in [5.74, 6) is 3.10. The summed E-state index contributed by atoms with van der Waals surface area (Å²) in [5, 5.41) is 0.203. The molecule has 0 saturated heterocycles. The van der Waals surface area contributed by atoms with E-state index in [0.717, 1.165) is 0 Å². The topological polar surface area (TPSA) is 26.3 Å². The summed E-state index contributed by atoms with van der Waals surface area (Å²) in [6.07, 6.45) is 3.96. The minimum absolute atomic E-state index is 0.0798. The van der Waals surface area contributed by atoms with Gasteiger partial charge in [-0.05, 0) is 24.2 Å². The molecule has 0 aliphatic carbocycles. The fraction of sp³-hybridized carbons (Fsp3) is 0.737. The average molecular weight is 353 g/mol. The van der Waals surface area contributed by atoms with Gasteiger partial charge in [-0.1, -0.05) is 60.3 Å². The molecule has 0 amide bonds. The first-order valence-corrected chi connectivity index (χ1v) is 14.8. The van der Waals surface area contributed by atoms with E-state index in [0.29, 0.717) is 13.0 Å². The monoisotopic (exact) mass is 352 g/mol. The Morgan fingerprint density at radius 2 is 1.57 bits per heavy atom. The summed E-state index contributed by atoms with van der Waals surface area (Å²) in [7, 11) is -3.14. The van der Waals surface area contributed by atoms with Crippen molar-refractivity contribution in [2.24, 2.45) is 5.41 Å². The number of allylic oxidation sites excluding steroid dienone is 1. The highest BCUT2D eigenvalue weighted by Gasteiger charge is 2.38. The van der Waals surface area contributed by atoms with Gasteiger partial charge in [0.05, 0.1) is 6.42 Å². The molecule has 132 valence electrons. The van der Waals surface area contributed by atoms with Crippen molar-refractivity contribution in [2.75, 3.05) is 6.61 Å². The van der Waals surface area contributed by atoms with Gasteiger partial charge in [-0.2, -0.15) is 0 Å². The fourth-order valence-corrected chi connectivity index (χ4v) is 3.19. The molecule has 0 radical (unpaired) electrons. The number of ketones is 1. The lowest BCUT2D eigenvalue weighted by Crippen LogP contribution is -2.42. The minimum atomic E-state index is -1.75. The van der Waals surface area contributed by atoms with Gasteiger partial charge in [0.25, 0.3) is 0 Å². The smallest absolute Gasteiger partial charge is 0.192 e. The minimum Gasteiger partial charge on any atom is -0.416 e. The maximum atomic E-state index is 11.9. The summed E-state index contributed by atoms with van der Waals surface area (Å²) in [6, 6.07) is 0. The van der Waals surface area contributed by atoms with Crippen LogP contribution in [-0.4, -0.2) is 28.8 Å². The Labute approximate surface area is 146 Å². The Hall–Kier alpha value is -0.636. The van der Waals surface area contributed by atoms with E-state index >= 15 is 0 Å². The van der Waals surface area contributed by atoms with Gasteiger partial charge in [0, 0.05) is 12.0 Å². The van der Waals surface area contributed by atoms with Crippen LogP contribution in [0.25, 0.3) is 0 Å². The maximum absolute atomic E-state index is 11.9. The summed E-state index contributed by atoms with van der Waals surface area (Å²) < 4.78 is 6.27. The van der Waals surface area contributed by atoms with E-state index in [4.69, 9.17) is 4.43 Å². The van der Waals surface area contributed by atoms with Crippen LogP contribution in [-0.2, 0) is 9.22 Å². The lowest BCUT2D eigenvalue weighted by atomic mass is 9.94. The highest BCUT2D eigenvalue weighted by atomic mass is 28.4. The zero-order valence-corrected chi connectivity index (χ0v) is 18.9. The van der Waals surface area contributed by atoms with Crippen LogP contribution < -0.4 is 0 Å². The van der Waals surface area contributed by atoms with Crippen LogP contribution in [0.15, 0.2) is 12.2 Å². The fourth-order valence-electron chi connectivity index (χ4n) is 1.40. The first-order chi connectivity index (χ1) is 10.1. The normalized spacial score (nSPS) is 13.8. The van der Waals surface area contributed by atoms with Crippen molar-refractivity contribution in [3.63, 3.8) is 0 Å². The van der Waals surface area contributed by atoms with Crippen LogP contribution in [0.4, 0.5) is 0 Å². The van der Waals surface area contributed by atoms with Gasteiger partial charge in [0.2, 0.25) is 0 Å². The zero-order valence-electron chi connectivity index (χ0n) is 16.9. The summed E-state index contributed by atoms with van der Waals surface area (Å²) in [6.45, 7) is 22.6. The van der Waals surface area contributed by atoms with Crippen molar-refractivity contribution in [1.82, 2.24) is 0 Å². The van der Waals surface area contributed by atoms with E-state index in [-0.39, 0.29) is 16.2 Å². The third-order valence-electron chi connectivity index (χ3n) is 4.06. The second kappa shape index (κ2) is 7.96. The predicted octanol–water partition coefficient (Wildman–Crippen LogP) is 5.43. The van der Waals surface area contributed by atoms with Gasteiger partial charge < -0.3 is 4.43 Å². The van der Waals surface area contributed by atoms with Gasteiger partial charge in [-0.3, -0.25) is 4.79 Å². The SMILES string of the molecule is CC(C)(/C=C/C(=O)CC#C[Si](C)(C)C)CO[Si](C)(C)C(C)(C)C. The average Bonchev–Trinajstić information content (AvgIpc) is 2.31. The van der Waals surface area contributed by atoms with E-state index in [9.17, 15) is 4.79 Å². The van der Waals surface area contributed by atoms with Crippen LogP contribution in [0, 0.1) is 16.9 Å². The molecule has 2 nitrogen and oxygen atoms in total. The molecule has 0 bridgehead atoms. The Morgan fingerprint density at radius 3 is 2.00 bits per heavy atom. The van der Waals surface area contributed by atoms with E-state index in [1.807, 2.05) is 6.08 Å². The summed E-state index contributed by atoms with van der Waals surface area (Å²) in [5.41, 5.74) is 3.09. The quantitative estimate of drug-likeness (QED) is 0.362. The molecule has 0 aliphatic rings. The molecular weight excluding hydrogens is 316 g/mol. The van der Waals surface area contributed by atoms with E-state index in [1.165, 1.54) is 0 Å². The largest absolute Gasteiger partial charge is 0.416 e. The third-order valence-corrected chi connectivity index (χ3v) is 9.46. The molecule has 0 aromatic rings. The molecule has 0 aromatic heterocycles. The van der Waals surface area contributed by atoms with E-state index in [2.05, 4.69) is 78.8 Å². The van der Waals surface area contributed by atoms with E-state index in [1.54, 1.807) is 6.08 Å². The lowest BCUT2D eigenvalue weighted by Gasteiger charge is -2.38. The van der Waals surface area contributed by atoms with Crippen molar-refractivity contribution in [3.8, 4) is 11.5 Å². The van der Waals surface area contributed by atoms with E-state index < -0.39 is 16.4 Å². The third kappa shape index (κ3) is 9.96. The molecular formula is C19H36O2Si2. The van der Waals surface area contributed by atoms with Crippen molar-refractivity contribution in [2.45, 2.75) is 78.8 Å². The number of carbonyl (C=O) groups excluding carboxylic acids is 1. The molecule has 0 N–H and O–H groups in total. The van der Waals surface area contributed by atoms with Gasteiger partial charge in [-0.25, -0.2) is 0 Å². The molecule has 4 heteroatoms. The second-order valence-corrected chi connectivity index (χ2v) is 19.1. The first kappa shape index (κ1) is 22.4. The summed E-state index contributed by atoms with van der Waals surface area (Å²) >= 11 is 0. The number of hydrogen-bond donors (Lipinski definition) is 0. The molecule has 0 aromatic carbocycles. The molecule has 0 unspecified atom stereocenters. The van der Waals surface area contributed by atoms with Crippen LogP contribution in [0.3, 0.4) is 0 Å². The van der Waals surface area contributed by atoms with Gasteiger partial charge in [0.1, 0.15) is 8.07 Å². The summed E-state index contributed by atoms with van der Waals surface area (Å²) in [4.78, 5) is 11.9. The second-order valence-electron chi connectivity index (χ2n) is 9.57. The highest BCUT2D eigenvalue weighted by molar-refractivity contribution is 6.83. The van der Waals surface area contributed by atoms with Crippen LogP contribution in [0.2, 0.25) is 37.8 Å². The van der Waals surface area contributed by atoms with Crippen LogP contribution in [0.1, 0.15) is 41.0 Å². The number of hydrogen-bond acceptors (Lipinski definition) is 2. The molecule has 0 spiro atoms. The van der Waals surface area contributed by atoms with Crippen LogP contribution >= 0.6 is 0 Å². The van der Waals surface area contributed by atoms with Crippen molar-refractivity contribution in [1.29, 1.82) is 0 Å². The maximum Gasteiger partial charge on any atom is 0.192 e. The van der Waals surface area contributed by atoms with Crippen molar-refractivity contribution >= 4 is 22.2 Å². The molecule has 0 aliphatic heterocycles. The highest BCUT2D eigenvalue weighted by Crippen LogP contribution is 2.37. The molecule has 0 atom stereocenters. The van der Waals surface area contributed by atoms with Gasteiger partial charge in [-0.15, -0.1) is 11.5 Å². The molecule has 23 heavy (non-hydrogen) atoms. The standard InChI is InChI=1S/C19H36O2Si2/c1-18(2,3)23(9,10)21-16-19(4,5)14-13-17(20)12-11-15-22(6,7)8/h13-14H,12,16H2,1-10H3/b14-13+. The molecule has 0 saturated carbocycles. The molecule has 0 rings (SSSR count). The predicted molar refractivity (Wildman–Crippen MR) is 107 cm³/mol. The first-order valence-electron chi connectivity index (χ1n) is 8.42.